The first-order valence-electron chi connectivity index (χ1n) is 5.03. The molecule has 18 heavy (non-hydrogen) atoms. The minimum atomic E-state index is -0.265. The molecule has 92 valence electrons. The van der Waals surface area contributed by atoms with Gasteiger partial charge in [-0.25, -0.2) is 0 Å². The van der Waals surface area contributed by atoms with Gasteiger partial charge in [-0.15, -0.1) is 11.3 Å². The van der Waals surface area contributed by atoms with Gasteiger partial charge in [0.15, 0.2) is 0 Å². The first-order valence-corrected chi connectivity index (χ1v) is 6.69. The van der Waals surface area contributed by atoms with E-state index in [1.165, 1.54) is 11.3 Å². The van der Waals surface area contributed by atoms with Gasteiger partial charge in [0.05, 0.1) is 10.7 Å². The highest BCUT2D eigenvalue weighted by Crippen LogP contribution is 2.24. The van der Waals surface area contributed by atoms with E-state index in [1.54, 1.807) is 29.6 Å². The van der Waals surface area contributed by atoms with Crippen LogP contribution in [0.5, 0.6) is 0 Å². The summed E-state index contributed by atoms with van der Waals surface area (Å²) in [6.07, 6.45) is 0. The van der Waals surface area contributed by atoms with Crippen LogP contribution in [-0.4, -0.2) is 10.9 Å². The quantitative estimate of drug-likeness (QED) is 0.855. The molecule has 0 aliphatic carbocycles. The molecule has 0 saturated carbocycles. The fourth-order valence-corrected chi connectivity index (χ4v) is 2.66. The van der Waals surface area contributed by atoms with Crippen LogP contribution >= 0.6 is 35.2 Å². The van der Waals surface area contributed by atoms with Crippen LogP contribution < -0.4 is 11.1 Å². The third kappa shape index (κ3) is 2.69. The van der Waals surface area contributed by atoms with Crippen LogP contribution in [-0.2, 0) is 0 Å². The van der Waals surface area contributed by atoms with E-state index in [0.717, 1.165) is 0 Å². The number of hydrogen-bond donors (Lipinski definition) is 2. The van der Waals surface area contributed by atoms with Crippen molar-refractivity contribution >= 4 is 51.7 Å². The predicted molar refractivity (Wildman–Crippen MR) is 79.6 cm³/mol. The molecule has 2 aromatic rings. The molecule has 3 nitrogen and oxygen atoms in total. The van der Waals surface area contributed by atoms with Crippen molar-refractivity contribution in [2.45, 2.75) is 0 Å². The van der Waals surface area contributed by atoms with E-state index in [1.807, 2.05) is 6.07 Å². The van der Waals surface area contributed by atoms with Crippen molar-refractivity contribution in [2.75, 3.05) is 5.32 Å². The normalized spacial score (nSPS) is 10.1. The number of carbonyl (C=O) groups is 1. The van der Waals surface area contributed by atoms with Crippen molar-refractivity contribution in [1.29, 1.82) is 0 Å². The van der Waals surface area contributed by atoms with Crippen LogP contribution in [0.1, 0.15) is 15.2 Å². The van der Waals surface area contributed by atoms with Gasteiger partial charge < -0.3 is 11.1 Å². The van der Waals surface area contributed by atoms with Gasteiger partial charge in [-0.05, 0) is 23.6 Å². The SMILES string of the molecule is NC(=S)c1ccccc1NC(=O)c1sccc1Cl. The van der Waals surface area contributed by atoms with Crippen molar-refractivity contribution in [3.8, 4) is 0 Å². The Kier molecular flexibility index (Phi) is 3.96. The van der Waals surface area contributed by atoms with E-state index in [2.05, 4.69) is 5.32 Å². The number of carbonyl (C=O) groups excluding carboxylic acids is 1. The average molecular weight is 297 g/mol. The monoisotopic (exact) mass is 296 g/mol. The lowest BCUT2D eigenvalue weighted by molar-refractivity contribution is 0.103. The molecular weight excluding hydrogens is 288 g/mol. The van der Waals surface area contributed by atoms with Gasteiger partial charge in [0, 0.05) is 5.56 Å². The molecule has 0 saturated heterocycles. The Labute approximate surface area is 119 Å². The average Bonchev–Trinajstić information content (AvgIpc) is 2.76. The lowest BCUT2D eigenvalue weighted by atomic mass is 10.2. The maximum Gasteiger partial charge on any atom is 0.267 e. The minimum absolute atomic E-state index is 0.239. The summed E-state index contributed by atoms with van der Waals surface area (Å²) < 4.78 is 0. The van der Waals surface area contributed by atoms with Gasteiger partial charge in [0.25, 0.3) is 5.91 Å². The molecule has 0 spiro atoms. The maximum atomic E-state index is 12.0. The summed E-state index contributed by atoms with van der Waals surface area (Å²) in [5, 5.41) is 4.95. The first kappa shape index (κ1) is 13.0. The molecule has 0 atom stereocenters. The molecule has 1 heterocycles. The van der Waals surface area contributed by atoms with E-state index in [-0.39, 0.29) is 10.9 Å². The number of hydrogen-bond acceptors (Lipinski definition) is 3. The third-order valence-electron chi connectivity index (χ3n) is 2.26. The molecular formula is C12H9ClN2OS2. The Morgan fingerprint density at radius 1 is 1.33 bits per heavy atom. The summed E-state index contributed by atoms with van der Waals surface area (Å²) in [5.41, 5.74) is 6.81. The molecule has 1 aromatic carbocycles. The fraction of sp³-hybridized carbons (Fsp3) is 0. The van der Waals surface area contributed by atoms with Crippen molar-refractivity contribution < 1.29 is 4.79 Å². The maximum absolute atomic E-state index is 12.0. The van der Waals surface area contributed by atoms with Crippen LogP contribution in [0.2, 0.25) is 5.02 Å². The standard InChI is InChI=1S/C12H9ClN2OS2/c13-8-5-6-18-10(8)12(16)15-9-4-2-1-3-7(9)11(14)17/h1-6H,(H2,14,17)(H,15,16). The van der Waals surface area contributed by atoms with E-state index in [9.17, 15) is 4.79 Å². The molecule has 0 aliphatic heterocycles. The van der Waals surface area contributed by atoms with Crippen molar-refractivity contribution in [3.63, 3.8) is 0 Å². The number of rotatable bonds is 3. The molecule has 1 amide bonds. The number of nitrogens with two attached hydrogens (primary N) is 1. The molecule has 1 aromatic heterocycles. The molecule has 0 aliphatic rings. The number of thiocarbonyl (C=S) groups is 1. The van der Waals surface area contributed by atoms with Gasteiger partial charge >= 0.3 is 0 Å². The molecule has 0 fully saturated rings. The molecule has 2 rings (SSSR count). The summed E-state index contributed by atoms with van der Waals surface area (Å²) in [4.78, 5) is 12.7. The second kappa shape index (κ2) is 5.48. The van der Waals surface area contributed by atoms with Crippen molar-refractivity contribution in [1.82, 2.24) is 0 Å². The summed E-state index contributed by atoms with van der Waals surface area (Å²) in [6.45, 7) is 0. The Morgan fingerprint density at radius 3 is 2.67 bits per heavy atom. The van der Waals surface area contributed by atoms with Gasteiger partial charge in [0.2, 0.25) is 0 Å². The van der Waals surface area contributed by atoms with Gasteiger partial charge in [-0.1, -0.05) is 36.0 Å². The number of anilines is 1. The van der Waals surface area contributed by atoms with E-state index in [0.29, 0.717) is 21.2 Å². The highest BCUT2D eigenvalue weighted by molar-refractivity contribution is 7.80. The highest BCUT2D eigenvalue weighted by Gasteiger charge is 2.14. The Morgan fingerprint density at radius 2 is 2.06 bits per heavy atom. The molecule has 0 bridgehead atoms. The van der Waals surface area contributed by atoms with Crippen LogP contribution in [0.4, 0.5) is 5.69 Å². The summed E-state index contributed by atoms with van der Waals surface area (Å²) in [7, 11) is 0. The van der Waals surface area contributed by atoms with Crippen LogP contribution in [0.25, 0.3) is 0 Å². The lowest BCUT2D eigenvalue weighted by Gasteiger charge is -2.09. The van der Waals surface area contributed by atoms with E-state index >= 15 is 0 Å². The molecule has 0 unspecified atom stereocenters. The van der Waals surface area contributed by atoms with E-state index in [4.69, 9.17) is 29.6 Å². The fourth-order valence-electron chi connectivity index (χ4n) is 1.44. The summed E-state index contributed by atoms with van der Waals surface area (Å²) in [5.74, 6) is -0.265. The lowest BCUT2D eigenvalue weighted by Crippen LogP contribution is -2.17. The number of thiophene rings is 1. The Hall–Kier alpha value is -1.43. The zero-order chi connectivity index (χ0) is 13.1. The number of halogens is 1. The van der Waals surface area contributed by atoms with Gasteiger partial charge in [-0.2, -0.15) is 0 Å². The first-order chi connectivity index (χ1) is 8.59. The largest absolute Gasteiger partial charge is 0.389 e. The summed E-state index contributed by atoms with van der Waals surface area (Å²) in [6, 6.07) is 8.79. The summed E-state index contributed by atoms with van der Waals surface area (Å²) >= 11 is 12.1. The number of nitrogens with one attached hydrogen (secondary N) is 1. The number of para-hydroxylation sites is 1. The zero-order valence-corrected chi connectivity index (χ0v) is 11.5. The number of amides is 1. The Bertz CT molecular complexity index is 610. The van der Waals surface area contributed by atoms with Crippen LogP contribution in [0.15, 0.2) is 35.7 Å². The molecule has 0 radical (unpaired) electrons. The van der Waals surface area contributed by atoms with Crippen molar-refractivity contribution in [2.24, 2.45) is 5.73 Å². The second-order valence-electron chi connectivity index (χ2n) is 3.46. The van der Waals surface area contributed by atoms with Crippen molar-refractivity contribution in [3.05, 3.63) is 51.2 Å². The zero-order valence-electron chi connectivity index (χ0n) is 9.14. The predicted octanol–water partition coefficient (Wildman–Crippen LogP) is 3.29. The minimum Gasteiger partial charge on any atom is -0.389 e. The molecule has 6 heteroatoms. The van der Waals surface area contributed by atoms with Crippen LogP contribution in [0, 0.1) is 0 Å². The van der Waals surface area contributed by atoms with Crippen LogP contribution in [0.3, 0.4) is 0 Å². The van der Waals surface area contributed by atoms with E-state index < -0.39 is 0 Å². The number of benzene rings is 1. The van der Waals surface area contributed by atoms with Gasteiger partial charge in [-0.3, -0.25) is 4.79 Å². The third-order valence-corrected chi connectivity index (χ3v) is 3.82. The smallest absolute Gasteiger partial charge is 0.267 e. The van der Waals surface area contributed by atoms with Gasteiger partial charge in [0.1, 0.15) is 9.87 Å². The molecule has 3 N–H and O–H groups in total. The Balaban J connectivity index is 2.28. The highest BCUT2D eigenvalue weighted by atomic mass is 35.5. The second-order valence-corrected chi connectivity index (χ2v) is 5.22. The topological polar surface area (TPSA) is 55.1 Å².